The van der Waals surface area contributed by atoms with Gasteiger partial charge in [0.05, 0.1) is 6.10 Å². The SMILES string of the molecule is CCC1SCCSC1C(N)CCC1CCCO1. The Morgan fingerprint density at radius 1 is 1.35 bits per heavy atom. The van der Waals surface area contributed by atoms with Crippen molar-refractivity contribution in [2.24, 2.45) is 5.73 Å². The lowest BCUT2D eigenvalue weighted by atomic mass is 10.0. The van der Waals surface area contributed by atoms with Crippen molar-refractivity contribution in [3.05, 3.63) is 0 Å². The molecule has 2 N–H and O–H groups in total. The molecule has 2 nitrogen and oxygen atoms in total. The third-order valence-electron chi connectivity index (χ3n) is 3.76. The maximum Gasteiger partial charge on any atom is 0.0576 e. The van der Waals surface area contributed by atoms with Gasteiger partial charge in [-0.25, -0.2) is 0 Å². The molecule has 0 aliphatic carbocycles. The highest BCUT2D eigenvalue weighted by Gasteiger charge is 2.30. The molecule has 0 aromatic rings. The first-order valence-corrected chi connectivity index (χ1v) is 9.01. The van der Waals surface area contributed by atoms with Gasteiger partial charge in [-0.1, -0.05) is 6.92 Å². The molecule has 0 amide bonds. The predicted octanol–water partition coefficient (Wildman–Crippen LogP) is 2.90. The fourth-order valence-corrected chi connectivity index (χ4v) is 5.98. The number of hydrogen-bond acceptors (Lipinski definition) is 4. The molecule has 4 atom stereocenters. The molecule has 0 radical (unpaired) electrons. The molecule has 2 saturated heterocycles. The standard InChI is InChI=1S/C13H25NOS2/c1-2-12-13(17-9-8-16-12)11(14)6-5-10-4-3-7-15-10/h10-13H,2-9,14H2,1H3. The Labute approximate surface area is 114 Å². The van der Waals surface area contributed by atoms with E-state index in [1.54, 1.807) is 0 Å². The fraction of sp³-hybridized carbons (Fsp3) is 1.00. The summed E-state index contributed by atoms with van der Waals surface area (Å²) in [5.74, 6) is 2.58. The van der Waals surface area contributed by atoms with E-state index in [1.807, 2.05) is 0 Å². The van der Waals surface area contributed by atoms with E-state index < -0.39 is 0 Å². The summed E-state index contributed by atoms with van der Waals surface area (Å²) in [4.78, 5) is 0. The van der Waals surface area contributed by atoms with Crippen molar-refractivity contribution >= 4 is 23.5 Å². The van der Waals surface area contributed by atoms with Crippen molar-refractivity contribution in [3.8, 4) is 0 Å². The lowest BCUT2D eigenvalue weighted by Gasteiger charge is -2.34. The summed E-state index contributed by atoms with van der Waals surface area (Å²) in [6.45, 7) is 3.26. The summed E-state index contributed by atoms with van der Waals surface area (Å²) in [5, 5.41) is 1.44. The first kappa shape index (κ1) is 14.0. The van der Waals surface area contributed by atoms with Crippen LogP contribution in [-0.2, 0) is 4.74 Å². The van der Waals surface area contributed by atoms with Gasteiger partial charge in [0.2, 0.25) is 0 Å². The van der Waals surface area contributed by atoms with Crippen molar-refractivity contribution in [3.63, 3.8) is 0 Å². The molecule has 0 aromatic carbocycles. The monoisotopic (exact) mass is 275 g/mol. The number of thioether (sulfide) groups is 2. The van der Waals surface area contributed by atoms with Gasteiger partial charge >= 0.3 is 0 Å². The fourth-order valence-electron chi connectivity index (χ4n) is 2.75. The molecule has 4 heteroatoms. The minimum atomic E-state index is 0.363. The van der Waals surface area contributed by atoms with E-state index in [0.717, 1.165) is 18.3 Å². The van der Waals surface area contributed by atoms with Crippen LogP contribution in [0.4, 0.5) is 0 Å². The summed E-state index contributed by atoms with van der Waals surface area (Å²) in [6, 6.07) is 0.363. The average molecular weight is 275 g/mol. The molecule has 2 heterocycles. The van der Waals surface area contributed by atoms with E-state index in [0.29, 0.717) is 17.4 Å². The van der Waals surface area contributed by atoms with Gasteiger partial charge in [0.1, 0.15) is 0 Å². The normalized spacial score (nSPS) is 36.0. The van der Waals surface area contributed by atoms with E-state index in [4.69, 9.17) is 10.5 Å². The largest absolute Gasteiger partial charge is 0.378 e. The average Bonchev–Trinajstić information content (AvgIpc) is 2.89. The molecule has 2 fully saturated rings. The van der Waals surface area contributed by atoms with Gasteiger partial charge in [0.25, 0.3) is 0 Å². The Morgan fingerprint density at radius 3 is 2.88 bits per heavy atom. The highest BCUT2D eigenvalue weighted by Crippen LogP contribution is 2.36. The van der Waals surface area contributed by atoms with Crippen LogP contribution in [0.2, 0.25) is 0 Å². The Kier molecular flexibility index (Phi) is 6.00. The van der Waals surface area contributed by atoms with Gasteiger partial charge in [0, 0.05) is 34.7 Å². The van der Waals surface area contributed by atoms with Gasteiger partial charge in [-0.15, -0.1) is 0 Å². The summed E-state index contributed by atoms with van der Waals surface area (Å²) in [5.41, 5.74) is 6.40. The number of hydrogen-bond donors (Lipinski definition) is 1. The third kappa shape index (κ3) is 4.05. The predicted molar refractivity (Wildman–Crippen MR) is 79.0 cm³/mol. The van der Waals surface area contributed by atoms with E-state index in [1.165, 1.54) is 37.2 Å². The molecule has 2 aliphatic rings. The summed E-state index contributed by atoms with van der Waals surface area (Å²) in [6.07, 6.45) is 6.55. The van der Waals surface area contributed by atoms with Crippen molar-refractivity contribution in [2.45, 2.75) is 61.7 Å². The number of ether oxygens (including phenoxy) is 1. The first-order chi connectivity index (χ1) is 8.31. The maximum absolute atomic E-state index is 6.40. The van der Waals surface area contributed by atoms with Crippen molar-refractivity contribution in [1.82, 2.24) is 0 Å². The molecule has 17 heavy (non-hydrogen) atoms. The Hall–Kier alpha value is 0.620. The second kappa shape index (κ2) is 7.27. The smallest absolute Gasteiger partial charge is 0.0576 e. The van der Waals surface area contributed by atoms with Crippen LogP contribution in [-0.4, -0.2) is 40.8 Å². The molecular formula is C13H25NOS2. The van der Waals surface area contributed by atoms with Gasteiger partial charge in [-0.05, 0) is 32.1 Å². The van der Waals surface area contributed by atoms with Gasteiger partial charge in [0.15, 0.2) is 0 Å². The third-order valence-corrected chi connectivity index (χ3v) is 7.19. The van der Waals surface area contributed by atoms with Crippen molar-refractivity contribution < 1.29 is 4.74 Å². The lowest BCUT2D eigenvalue weighted by Crippen LogP contribution is -2.42. The lowest BCUT2D eigenvalue weighted by molar-refractivity contribution is 0.101. The molecule has 2 rings (SSSR count). The van der Waals surface area contributed by atoms with Crippen LogP contribution >= 0.6 is 23.5 Å². The summed E-state index contributed by atoms with van der Waals surface area (Å²) < 4.78 is 5.68. The minimum Gasteiger partial charge on any atom is -0.378 e. The van der Waals surface area contributed by atoms with Crippen LogP contribution in [0.15, 0.2) is 0 Å². The minimum absolute atomic E-state index is 0.363. The molecule has 0 bridgehead atoms. The second-order valence-electron chi connectivity index (χ2n) is 5.03. The van der Waals surface area contributed by atoms with Crippen LogP contribution in [0.25, 0.3) is 0 Å². The van der Waals surface area contributed by atoms with Gasteiger partial charge < -0.3 is 10.5 Å². The molecule has 2 aliphatic heterocycles. The Morgan fingerprint density at radius 2 is 2.18 bits per heavy atom. The first-order valence-electron chi connectivity index (χ1n) is 6.91. The van der Waals surface area contributed by atoms with Crippen LogP contribution in [0, 0.1) is 0 Å². The van der Waals surface area contributed by atoms with Crippen molar-refractivity contribution in [1.29, 1.82) is 0 Å². The number of nitrogens with two attached hydrogens (primary N) is 1. The van der Waals surface area contributed by atoms with Crippen molar-refractivity contribution in [2.75, 3.05) is 18.1 Å². The van der Waals surface area contributed by atoms with E-state index >= 15 is 0 Å². The number of rotatable bonds is 5. The molecule has 0 spiro atoms. The Balaban J connectivity index is 1.74. The Bertz CT molecular complexity index is 221. The van der Waals surface area contributed by atoms with E-state index in [9.17, 15) is 0 Å². The summed E-state index contributed by atoms with van der Waals surface area (Å²) >= 11 is 4.23. The van der Waals surface area contributed by atoms with Crippen LogP contribution < -0.4 is 5.73 Å². The van der Waals surface area contributed by atoms with E-state index in [2.05, 4.69) is 30.4 Å². The second-order valence-corrected chi connectivity index (χ2v) is 7.66. The molecule has 0 aromatic heterocycles. The topological polar surface area (TPSA) is 35.2 Å². The van der Waals surface area contributed by atoms with Crippen LogP contribution in [0.3, 0.4) is 0 Å². The molecule has 100 valence electrons. The molecule has 0 saturated carbocycles. The quantitative estimate of drug-likeness (QED) is 0.837. The van der Waals surface area contributed by atoms with E-state index in [-0.39, 0.29) is 0 Å². The molecule has 4 unspecified atom stereocenters. The maximum atomic E-state index is 6.40. The zero-order valence-electron chi connectivity index (χ0n) is 10.8. The van der Waals surface area contributed by atoms with Gasteiger partial charge in [-0.3, -0.25) is 0 Å². The summed E-state index contributed by atoms with van der Waals surface area (Å²) in [7, 11) is 0. The highest BCUT2D eigenvalue weighted by atomic mass is 32.2. The zero-order chi connectivity index (χ0) is 12.1. The molecular weight excluding hydrogens is 250 g/mol. The zero-order valence-corrected chi connectivity index (χ0v) is 12.4. The van der Waals surface area contributed by atoms with Crippen LogP contribution in [0.5, 0.6) is 0 Å². The van der Waals surface area contributed by atoms with Crippen LogP contribution in [0.1, 0.15) is 39.0 Å². The highest BCUT2D eigenvalue weighted by molar-refractivity contribution is 8.07. The van der Waals surface area contributed by atoms with Gasteiger partial charge in [-0.2, -0.15) is 23.5 Å².